The second kappa shape index (κ2) is 12.0. The Labute approximate surface area is 261 Å². The minimum Gasteiger partial charge on any atom is -0.488 e. The molecule has 11 heteroatoms. The molecule has 11 nitrogen and oxygen atoms in total. The maximum Gasteiger partial charge on any atom is 0.260 e. The highest BCUT2D eigenvalue weighted by Crippen LogP contribution is 2.69. The molecule has 0 amide bonds. The third kappa shape index (κ3) is 4.96. The highest BCUT2D eigenvalue weighted by molar-refractivity contribution is 5.60. The number of rotatable bonds is 9. The van der Waals surface area contributed by atoms with Crippen LogP contribution in [-0.4, -0.2) is 70.4 Å². The van der Waals surface area contributed by atoms with Gasteiger partial charge in [-0.2, -0.15) is 10.1 Å². The van der Waals surface area contributed by atoms with Crippen molar-refractivity contribution in [3.05, 3.63) is 65.2 Å². The maximum atomic E-state index is 10.3. The van der Waals surface area contributed by atoms with Crippen LogP contribution >= 0.6 is 0 Å². The first kappa shape index (κ1) is 30.6. The Morgan fingerprint density at radius 2 is 1.64 bits per heavy atom. The Balaban J connectivity index is 1.09. The van der Waals surface area contributed by atoms with Crippen molar-refractivity contribution in [1.82, 2.24) is 0 Å². The molecule has 6 atom stereocenters. The third-order valence-corrected chi connectivity index (χ3v) is 10.6. The van der Waals surface area contributed by atoms with Gasteiger partial charge in [0.1, 0.15) is 42.5 Å². The highest BCUT2D eigenvalue weighted by atomic mass is 17.3. The summed E-state index contributed by atoms with van der Waals surface area (Å²) in [4.78, 5) is 12.1. The number of hydrogen-bond acceptors (Lipinski definition) is 11. The van der Waals surface area contributed by atoms with Crippen molar-refractivity contribution < 1.29 is 49.1 Å². The lowest BCUT2D eigenvalue weighted by atomic mass is 9.47. The van der Waals surface area contributed by atoms with Crippen LogP contribution in [0.4, 0.5) is 0 Å². The zero-order valence-corrected chi connectivity index (χ0v) is 25.0. The first-order chi connectivity index (χ1) is 21.8. The number of hydrogen-bond donors (Lipinski definition) is 4. The van der Waals surface area contributed by atoms with Crippen molar-refractivity contribution in [2.45, 2.75) is 80.8 Å². The number of allylic oxidation sites excluding steroid dienone is 1. The predicted molar refractivity (Wildman–Crippen MR) is 157 cm³/mol. The highest BCUT2D eigenvalue weighted by Gasteiger charge is 2.76. The van der Waals surface area contributed by atoms with Gasteiger partial charge in [-0.05, 0) is 85.6 Å². The van der Waals surface area contributed by atoms with Gasteiger partial charge in [0.2, 0.25) is 6.29 Å². The molecule has 2 saturated heterocycles. The molecule has 6 aliphatic rings. The second-order valence-electron chi connectivity index (χ2n) is 13.0. The zero-order chi connectivity index (χ0) is 31.3. The molecule has 6 fully saturated rings. The fraction of sp³-hybridized carbons (Fsp3) is 0.559. The van der Waals surface area contributed by atoms with Crippen LogP contribution < -0.4 is 9.47 Å². The van der Waals surface area contributed by atoms with Crippen LogP contribution in [-0.2, 0) is 31.6 Å². The van der Waals surface area contributed by atoms with Crippen molar-refractivity contribution in [2.24, 2.45) is 23.7 Å². The molecule has 4 saturated carbocycles. The largest absolute Gasteiger partial charge is 0.488 e. The van der Waals surface area contributed by atoms with Gasteiger partial charge in [-0.25, -0.2) is 4.89 Å². The molecule has 0 radical (unpaired) electrons. The summed E-state index contributed by atoms with van der Waals surface area (Å²) < 4.78 is 23.7. The first-order valence-electron chi connectivity index (χ1n) is 15.6. The van der Waals surface area contributed by atoms with Crippen molar-refractivity contribution in [3.63, 3.8) is 0 Å². The fourth-order valence-electron chi connectivity index (χ4n) is 8.61. The average molecular weight is 622 g/mol. The van der Waals surface area contributed by atoms with Gasteiger partial charge in [-0.15, -0.1) is 0 Å². The molecule has 4 bridgehead atoms. The van der Waals surface area contributed by atoms with Gasteiger partial charge in [-0.1, -0.05) is 24.3 Å². The molecule has 4 aliphatic carbocycles. The molecule has 2 aromatic carbocycles. The van der Waals surface area contributed by atoms with Crippen LogP contribution in [0.3, 0.4) is 0 Å². The van der Waals surface area contributed by atoms with Crippen molar-refractivity contribution in [2.75, 3.05) is 13.7 Å². The monoisotopic (exact) mass is 621 g/mol. The second-order valence-corrected chi connectivity index (χ2v) is 13.0. The number of aliphatic hydroxyl groups excluding tert-OH is 4. The van der Waals surface area contributed by atoms with Crippen LogP contribution in [0.1, 0.15) is 48.8 Å². The van der Waals surface area contributed by atoms with Crippen LogP contribution in [0.25, 0.3) is 6.08 Å². The molecule has 240 valence electrons. The smallest absolute Gasteiger partial charge is 0.260 e. The number of ether oxygens (including phenoxy) is 4. The van der Waals surface area contributed by atoms with Gasteiger partial charge in [0.25, 0.3) is 5.79 Å². The van der Waals surface area contributed by atoms with Gasteiger partial charge in [0.15, 0.2) is 5.60 Å². The summed E-state index contributed by atoms with van der Waals surface area (Å²) in [6.07, 6.45) is 2.11. The van der Waals surface area contributed by atoms with E-state index in [2.05, 4.69) is 0 Å². The van der Waals surface area contributed by atoms with Gasteiger partial charge in [0.05, 0.1) is 12.7 Å². The molecule has 2 aliphatic heterocycles. The summed E-state index contributed by atoms with van der Waals surface area (Å²) in [7, 11) is 1.67. The van der Waals surface area contributed by atoms with Gasteiger partial charge < -0.3 is 39.4 Å². The lowest BCUT2D eigenvalue weighted by Crippen LogP contribution is -2.76. The topological polar surface area (TPSA) is 160 Å². The number of benzene rings is 2. The SMILES string of the molecule is COC1(c2ccc(/C=C/C#N)c(OCc3ccc(OC4OC(CO)C(O)C(O)C4O)cc3)c2)OOC12C1CC3CC(C1)CC2C3. The molecule has 4 N–H and O–H groups in total. The Hall–Kier alpha value is -3.05. The molecule has 1 spiro atoms. The van der Waals surface area contributed by atoms with E-state index in [0.717, 1.165) is 54.2 Å². The van der Waals surface area contributed by atoms with Crippen molar-refractivity contribution in [3.8, 4) is 17.6 Å². The van der Waals surface area contributed by atoms with E-state index in [4.69, 9.17) is 28.7 Å². The lowest BCUT2D eigenvalue weighted by molar-refractivity contribution is -0.645. The minimum absolute atomic E-state index is 0.203. The van der Waals surface area contributed by atoms with Gasteiger partial charge in [0, 0.05) is 24.3 Å². The summed E-state index contributed by atoms with van der Waals surface area (Å²) in [5, 5.41) is 48.9. The Morgan fingerprint density at radius 1 is 0.933 bits per heavy atom. The normalized spacial score (nSPS) is 40.0. The van der Waals surface area contributed by atoms with Crippen LogP contribution in [0.5, 0.6) is 11.5 Å². The molecular formula is C34H39NO10. The molecule has 8 rings (SSSR count). The third-order valence-electron chi connectivity index (χ3n) is 10.6. The summed E-state index contributed by atoms with van der Waals surface area (Å²) in [5.74, 6) is 2.11. The molecular weight excluding hydrogens is 582 g/mol. The van der Waals surface area contributed by atoms with E-state index in [1.807, 2.05) is 24.3 Å². The van der Waals surface area contributed by atoms with Crippen molar-refractivity contribution >= 4 is 6.08 Å². The Bertz CT molecular complexity index is 1420. The summed E-state index contributed by atoms with van der Waals surface area (Å²) >= 11 is 0. The lowest BCUT2D eigenvalue weighted by Gasteiger charge is -2.68. The molecule has 0 aromatic heterocycles. The van der Waals surface area contributed by atoms with E-state index in [-0.39, 0.29) is 6.61 Å². The summed E-state index contributed by atoms with van der Waals surface area (Å²) in [5.41, 5.74) is 1.83. The van der Waals surface area contributed by atoms with Crippen LogP contribution in [0.15, 0.2) is 48.5 Å². The molecule has 45 heavy (non-hydrogen) atoms. The van der Waals surface area contributed by atoms with Crippen LogP contribution in [0, 0.1) is 35.0 Å². The van der Waals surface area contributed by atoms with Crippen LogP contribution in [0.2, 0.25) is 0 Å². The number of methoxy groups -OCH3 is 1. The average Bonchev–Trinajstić information content (AvgIpc) is 3.04. The quantitative estimate of drug-likeness (QED) is 0.241. The molecule has 2 aromatic rings. The van der Waals surface area contributed by atoms with E-state index >= 15 is 0 Å². The van der Waals surface area contributed by atoms with Crippen molar-refractivity contribution in [1.29, 1.82) is 5.26 Å². The Morgan fingerprint density at radius 3 is 2.24 bits per heavy atom. The summed E-state index contributed by atoms with van der Waals surface area (Å²) in [6, 6.07) is 14.8. The molecule has 6 unspecified atom stereocenters. The number of nitriles is 1. The zero-order valence-electron chi connectivity index (χ0n) is 25.0. The van der Waals surface area contributed by atoms with E-state index in [9.17, 15) is 25.7 Å². The number of nitrogens with zero attached hydrogens (tertiary/aromatic N) is 1. The maximum absolute atomic E-state index is 10.3. The predicted octanol–water partition coefficient (Wildman–Crippen LogP) is 2.94. The van der Waals surface area contributed by atoms with E-state index in [1.54, 1.807) is 37.5 Å². The van der Waals surface area contributed by atoms with E-state index in [1.165, 1.54) is 12.5 Å². The Kier molecular flexibility index (Phi) is 8.13. The van der Waals surface area contributed by atoms with Gasteiger partial charge >= 0.3 is 0 Å². The summed E-state index contributed by atoms with van der Waals surface area (Å²) in [6.45, 7) is -0.337. The van der Waals surface area contributed by atoms with E-state index < -0.39 is 48.7 Å². The fourth-order valence-corrected chi connectivity index (χ4v) is 8.61. The van der Waals surface area contributed by atoms with E-state index in [0.29, 0.717) is 23.3 Å². The standard InChI is InChI=1S/C34H39NO10/c1-40-34(33(44-45-34)24-12-20-11-21(14-24)15-25(33)13-20)23-7-6-22(3-2-10-35)27(16-23)41-18-19-4-8-26(9-5-19)42-32-31(39)30(38)29(37)28(17-36)43-32/h2-9,16,20-21,24-25,28-32,36-39H,11-15,17-18H2,1H3/b3-2+. The number of aliphatic hydroxyl groups is 4. The van der Waals surface area contributed by atoms with Gasteiger partial charge in [-0.3, -0.25) is 0 Å². The molecule has 2 heterocycles. The minimum atomic E-state index is -1.53. The first-order valence-corrected chi connectivity index (χ1v) is 15.6.